The molecule has 0 aromatic carbocycles. The zero-order valence-electron chi connectivity index (χ0n) is 11.3. The number of carbonyl (C=O) groups is 1. The van der Waals surface area contributed by atoms with Crippen molar-refractivity contribution in [1.29, 1.82) is 0 Å². The normalized spacial score (nSPS) is 21.3. The standard InChI is InChI=1S/C14H28N2O/c1-2-13-9-5-4-8-12-16(13)14(17)10-6-3-7-11-15/h13H,2-12,15H2,1H3. The zero-order chi connectivity index (χ0) is 12.5. The molecule has 1 heterocycles. The van der Waals surface area contributed by atoms with Crippen LogP contribution in [0.5, 0.6) is 0 Å². The monoisotopic (exact) mass is 240 g/mol. The molecule has 1 aliphatic rings. The Balaban J connectivity index is 2.35. The molecule has 1 amide bonds. The molecular weight excluding hydrogens is 212 g/mol. The predicted octanol–water partition coefficient (Wildman–Crippen LogP) is 2.69. The van der Waals surface area contributed by atoms with E-state index < -0.39 is 0 Å². The van der Waals surface area contributed by atoms with Gasteiger partial charge in [0.25, 0.3) is 0 Å². The number of nitrogens with two attached hydrogens (primary N) is 1. The van der Waals surface area contributed by atoms with Gasteiger partial charge in [0.2, 0.25) is 5.91 Å². The van der Waals surface area contributed by atoms with Crippen LogP contribution in [0.4, 0.5) is 0 Å². The molecule has 2 N–H and O–H groups in total. The van der Waals surface area contributed by atoms with Gasteiger partial charge in [0, 0.05) is 19.0 Å². The summed E-state index contributed by atoms with van der Waals surface area (Å²) in [6, 6.07) is 0.500. The average molecular weight is 240 g/mol. The maximum Gasteiger partial charge on any atom is 0.222 e. The van der Waals surface area contributed by atoms with E-state index in [9.17, 15) is 4.79 Å². The molecule has 1 aliphatic heterocycles. The van der Waals surface area contributed by atoms with Gasteiger partial charge in [0.1, 0.15) is 0 Å². The minimum absolute atomic E-state index is 0.371. The minimum atomic E-state index is 0.371. The lowest BCUT2D eigenvalue weighted by Gasteiger charge is -2.29. The van der Waals surface area contributed by atoms with Crippen LogP contribution in [0.2, 0.25) is 0 Å². The van der Waals surface area contributed by atoms with Crippen LogP contribution in [0.25, 0.3) is 0 Å². The van der Waals surface area contributed by atoms with Crippen LogP contribution in [0, 0.1) is 0 Å². The van der Waals surface area contributed by atoms with E-state index in [1.807, 2.05) is 0 Å². The molecule has 3 heteroatoms. The quantitative estimate of drug-likeness (QED) is 0.726. The van der Waals surface area contributed by atoms with Crippen molar-refractivity contribution in [3.8, 4) is 0 Å². The van der Waals surface area contributed by atoms with Crippen LogP contribution in [0.15, 0.2) is 0 Å². The van der Waals surface area contributed by atoms with Gasteiger partial charge in [-0.2, -0.15) is 0 Å². The lowest BCUT2D eigenvalue weighted by molar-refractivity contribution is -0.133. The molecule has 100 valence electrons. The molecule has 0 radical (unpaired) electrons. The van der Waals surface area contributed by atoms with Gasteiger partial charge in [-0.3, -0.25) is 4.79 Å². The highest BCUT2D eigenvalue weighted by Crippen LogP contribution is 2.20. The molecule has 1 fully saturated rings. The molecule has 1 unspecified atom stereocenters. The Morgan fingerprint density at radius 1 is 1.24 bits per heavy atom. The van der Waals surface area contributed by atoms with Crippen molar-refractivity contribution in [3.63, 3.8) is 0 Å². The third-order valence-corrected chi connectivity index (χ3v) is 3.76. The summed E-state index contributed by atoms with van der Waals surface area (Å²) < 4.78 is 0. The van der Waals surface area contributed by atoms with Crippen molar-refractivity contribution in [2.45, 2.75) is 70.8 Å². The lowest BCUT2D eigenvalue weighted by Crippen LogP contribution is -2.39. The van der Waals surface area contributed by atoms with Gasteiger partial charge in [-0.05, 0) is 38.6 Å². The summed E-state index contributed by atoms with van der Waals surface area (Å²) >= 11 is 0. The van der Waals surface area contributed by atoms with Gasteiger partial charge in [-0.25, -0.2) is 0 Å². The average Bonchev–Trinajstić information content (AvgIpc) is 2.59. The van der Waals surface area contributed by atoms with Crippen LogP contribution < -0.4 is 5.73 Å². The van der Waals surface area contributed by atoms with Crippen molar-refractivity contribution < 1.29 is 4.79 Å². The summed E-state index contributed by atoms with van der Waals surface area (Å²) in [4.78, 5) is 14.3. The smallest absolute Gasteiger partial charge is 0.222 e. The molecule has 0 aromatic rings. The topological polar surface area (TPSA) is 46.3 Å². The van der Waals surface area contributed by atoms with E-state index in [0.717, 1.165) is 45.2 Å². The van der Waals surface area contributed by atoms with Gasteiger partial charge in [0.05, 0.1) is 0 Å². The SMILES string of the molecule is CCC1CCCCCN1C(=O)CCCCCN. The molecule has 0 aliphatic carbocycles. The third kappa shape index (κ3) is 5.07. The first-order valence-electron chi connectivity index (χ1n) is 7.29. The minimum Gasteiger partial charge on any atom is -0.340 e. The molecule has 0 aromatic heterocycles. The van der Waals surface area contributed by atoms with Crippen LogP contribution in [-0.4, -0.2) is 29.9 Å². The van der Waals surface area contributed by atoms with Crippen LogP contribution >= 0.6 is 0 Å². The Morgan fingerprint density at radius 2 is 2.06 bits per heavy atom. The van der Waals surface area contributed by atoms with Gasteiger partial charge in [-0.1, -0.05) is 26.2 Å². The van der Waals surface area contributed by atoms with E-state index in [1.165, 1.54) is 25.7 Å². The van der Waals surface area contributed by atoms with E-state index in [0.29, 0.717) is 11.9 Å². The maximum absolute atomic E-state index is 12.2. The second-order valence-corrected chi connectivity index (χ2v) is 5.10. The zero-order valence-corrected chi connectivity index (χ0v) is 11.3. The highest BCUT2D eigenvalue weighted by atomic mass is 16.2. The summed E-state index contributed by atoms with van der Waals surface area (Å²) in [5.74, 6) is 0.371. The summed E-state index contributed by atoms with van der Waals surface area (Å²) in [5.41, 5.74) is 5.46. The summed E-state index contributed by atoms with van der Waals surface area (Å²) in [5, 5.41) is 0. The van der Waals surface area contributed by atoms with Crippen LogP contribution in [-0.2, 0) is 4.79 Å². The number of hydrogen-bond acceptors (Lipinski definition) is 2. The number of likely N-dealkylation sites (tertiary alicyclic amines) is 1. The first kappa shape index (κ1) is 14.5. The van der Waals surface area contributed by atoms with Gasteiger partial charge >= 0.3 is 0 Å². The fourth-order valence-corrected chi connectivity index (χ4v) is 2.67. The van der Waals surface area contributed by atoms with Gasteiger partial charge in [-0.15, -0.1) is 0 Å². The molecule has 0 bridgehead atoms. The van der Waals surface area contributed by atoms with Crippen LogP contribution in [0.1, 0.15) is 64.7 Å². The molecule has 0 spiro atoms. The first-order valence-corrected chi connectivity index (χ1v) is 7.29. The molecule has 0 saturated carbocycles. The molecule has 17 heavy (non-hydrogen) atoms. The van der Waals surface area contributed by atoms with Gasteiger partial charge < -0.3 is 10.6 Å². The number of amides is 1. The third-order valence-electron chi connectivity index (χ3n) is 3.76. The molecule has 1 saturated heterocycles. The van der Waals surface area contributed by atoms with Crippen molar-refractivity contribution in [3.05, 3.63) is 0 Å². The number of carbonyl (C=O) groups excluding carboxylic acids is 1. The number of unbranched alkanes of at least 4 members (excludes halogenated alkanes) is 2. The number of rotatable bonds is 6. The fourth-order valence-electron chi connectivity index (χ4n) is 2.67. The Morgan fingerprint density at radius 3 is 2.76 bits per heavy atom. The summed E-state index contributed by atoms with van der Waals surface area (Å²) in [6.07, 6.45) is 9.92. The maximum atomic E-state index is 12.2. The largest absolute Gasteiger partial charge is 0.340 e. The van der Waals surface area contributed by atoms with E-state index >= 15 is 0 Å². The molecular formula is C14H28N2O. The van der Waals surface area contributed by atoms with Crippen molar-refractivity contribution in [2.24, 2.45) is 5.73 Å². The van der Waals surface area contributed by atoms with Crippen molar-refractivity contribution >= 4 is 5.91 Å². The van der Waals surface area contributed by atoms with Crippen molar-refractivity contribution in [2.75, 3.05) is 13.1 Å². The number of hydrogen-bond donors (Lipinski definition) is 1. The lowest BCUT2D eigenvalue weighted by atomic mass is 10.1. The van der Waals surface area contributed by atoms with E-state index in [-0.39, 0.29) is 0 Å². The van der Waals surface area contributed by atoms with E-state index in [4.69, 9.17) is 5.73 Å². The highest BCUT2D eigenvalue weighted by molar-refractivity contribution is 5.76. The predicted molar refractivity (Wildman–Crippen MR) is 71.8 cm³/mol. The van der Waals surface area contributed by atoms with E-state index in [2.05, 4.69) is 11.8 Å². The highest BCUT2D eigenvalue weighted by Gasteiger charge is 2.23. The Kier molecular flexibility index (Phi) is 7.25. The Labute approximate surface area is 106 Å². The first-order chi connectivity index (χ1) is 8.29. The van der Waals surface area contributed by atoms with Crippen LogP contribution in [0.3, 0.4) is 0 Å². The molecule has 3 nitrogen and oxygen atoms in total. The summed E-state index contributed by atoms with van der Waals surface area (Å²) in [6.45, 7) is 3.93. The summed E-state index contributed by atoms with van der Waals surface area (Å²) in [7, 11) is 0. The Hall–Kier alpha value is -0.570. The fraction of sp³-hybridized carbons (Fsp3) is 0.929. The number of nitrogens with zero attached hydrogens (tertiary/aromatic N) is 1. The second kappa shape index (κ2) is 8.51. The molecule has 1 atom stereocenters. The Bertz CT molecular complexity index is 218. The molecule has 1 rings (SSSR count). The van der Waals surface area contributed by atoms with E-state index in [1.54, 1.807) is 0 Å². The second-order valence-electron chi connectivity index (χ2n) is 5.10. The van der Waals surface area contributed by atoms with Crippen molar-refractivity contribution in [1.82, 2.24) is 4.90 Å². The van der Waals surface area contributed by atoms with Gasteiger partial charge in [0.15, 0.2) is 0 Å².